The molecule has 0 bridgehead atoms. The Morgan fingerprint density at radius 2 is 2.23 bits per heavy atom. The molecule has 5 heteroatoms. The van der Waals surface area contributed by atoms with Crippen molar-refractivity contribution in [3.63, 3.8) is 0 Å². The Morgan fingerprint density at radius 3 is 2.92 bits per heavy atom. The Morgan fingerprint density at radius 1 is 1.46 bits per heavy atom. The quantitative estimate of drug-likeness (QED) is 0.596. The molecular formula is C8H8N4O. The maximum absolute atomic E-state index is 11.0. The number of nitrogens with zero attached hydrogens (tertiary/aromatic N) is 4. The molecule has 5 nitrogen and oxygen atoms in total. The maximum Gasteiger partial charge on any atom is 0.197 e. The van der Waals surface area contributed by atoms with Crippen molar-refractivity contribution >= 4 is 17.1 Å². The van der Waals surface area contributed by atoms with Crippen LogP contribution in [0.4, 0.5) is 0 Å². The first-order valence-electron chi connectivity index (χ1n) is 3.83. The number of aromatic nitrogens is 4. The number of Topliss-reactive ketones (excluding diaryl/α,β-unsaturated/α-hetero) is 1. The van der Waals surface area contributed by atoms with Crippen molar-refractivity contribution in [2.75, 3.05) is 0 Å². The van der Waals surface area contributed by atoms with Crippen molar-refractivity contribution in [1.29, 1.82) is 0 Å². The summed E-state index contributed by atoms with van der Waals surface area (Å²) in [7, 11) is 1.81. The average molecular weight is 176 g/mol. The van der Waals surface area contributed by atoms with Gasteiger partial charge in [-0.3, -0.25) is 4.79 Å². The predicted molar refractivity (Wildman–Crippen MR) is 46.3 cm³/mol. The summed E-state index contributed by atoms with van der Waals surface area (Å²) >= 11 is 0. The number of aryl methyl sites for hydroxylation is 1. The second kappa shape index (κ2) is 2.62. The first-order chi connectivity index (χ1) is 6.18. The van der Waals surface area contributed by atoms with Gasteiger partial charge in [0, 0.05) is 14.0 Å². The SMILES string of the molecule is CC(=O)c1cnc2ncn(C)c2n1. The van der Waals surface area contributed by atoms with E-state index in [-0.39, 0.29) is 5.78 Å². The van der Waals surface area contributed by atoms with Gasteiger partial charge in [-0.25, -0.2) is 15.0 Å². The van der Waals surface area contributed by atoms with Gasteiger partial charge in [0.1, 0.15) is 5.69 Å². The molecule has 0 atom stereocenters. The minimum absolute atomic E-state index is 0.0874. The van der Waals surface area contributed by atoms with Gasteiger partial charge < -0.3 is 4.57 Å². The standard InChI is InChI=1S/C8H8N4O/c1-5(13)6-3-9-7-8(11-6)12(2)4-10-7/h3-4H,1-2H3. The van der Waals surface area contributed by atoms with E-state index in [0.29, 0.717) is 17.0 Å². The average Bonchev–Trinajstić information content (AvgIpc) is 2.47. The Hall–Kier alpha value is -1.78. The van der Waals surface area contributed by atoms with Crippen LogP contribution in [0.3, 0.4) is 0 Å². The lowest BCUT2D eigenvalue weighted by molar-refractivity contribution is 0.101. The van der Waals surface area contributed by atoms with Crippen LogP contribution >= 0.6 is 0 Å². The zero-order valence-corrected chi connectivity index (χ0v) is 7.35. The number of hydrogen-bond acceptors (Lipinski definition) is 4. The lowest BCUT2D eigenvalue weighted by Gasteiger charge is -1.95. The second-order valence-corrected chi connectivity index (χ2v) is 2.81. The highest BCUT2D eigenvalue weighted by atomic mass is 16.1. The number of carbonyl (C=O) groups is 1. The van der Waals surface area contributed by atoms with E-state index in [2.05, 4.69) is 15.0 Å². The molecule has 0 radical (unpaired) electrons. The van der Waals surface area contributed by atoms with Crippen molar-refractivity contribution in [3.05, 3.63) is 18.2 Å². The molecule has 0 spiro atoms. The molecule has 13 heavy (non-hydrogen) atoms. The molecule has 0 aliphatic heterocycles. The van der Waals surface area contributed by atoms with Crippen LogP contribution in [-0.2, 0) is 7.05 Å². The smallest absolute Gasteiger partial charge is 0.197 e. The topological polar surface area (TPSA) is 60.7 Å². The van der Waals surface area contributed by atoms with Gasteiger partial charge in [-0.05, 0) is 0 Å². The van der Waals surface area contributed by atoms with E-state index in [1.807, 2.05) is 7.05 Å². The molecule has 2 rings (SSSR count). The molecule has 0 amide bonds. The van der Waals surface area contributed by atoms with Gasteiger partial charge in [0.15, 0.2) is 17.1 Å². The lowest BCUT2D eigenvalue weighted by Crippen LogP contribution is -1.99. The molecule has 0 fully saturated rings. The van der Waals surface area contributed by atoms with Gasteiger partial charge in [0.25, 0.3) is 0 Å². The highest BCUT2D eigenvalue weighted by Crippen LogP contribution is 2.06. The van der Waals surface area contributed by atoms with Crippen LogP contribution in [0.2, 0.25) is 0 Å². The van der Waals surface area contributed by atoms with Crippen LogP contribution in [0, 0.1) is 0 Å². The molecule has 0 saturated heterocycles. The van der Waals surface area contributed by atoms with Crippen LogP contribution in [0.15, 0.2) is 12.5 Å². The highest BCUT2D eigenvalue weighted by molar-refractivity contribution is 5.92. The van der Waals surface area contributed by atoms with Crippen LogP contribution in [-0.4, -0.2) is 25.3 Å². The van der Waals surface area contributed by atoms with Crippen molar-refractivity contribution in [3.8, 4) is 0 Å². The van der Waals surface area contributed by atoms with E-state index in [4.69, 9.17) is 0 Å². The molecule has 2 aromatic rings. The molecule has 0 saturated carbocycles. The third-order valence-corrected chi connectivity index (χ3v) is 1.78. The van der Waals surface area contributed by atoms with E-state index in [1.54, 1.807) is 10.9 Å². The van der Waals surface area contributed by atoms with Gasteiger partial charge in [-0.1, -0.05) is 0 Å². The van der Waals surface area contributed by atoms with E-state index in [1.165, 1.54) is 13.1 Å². The molecular weight excluding hydrogens is 168 g/mol. The van der Waals surface area contributed by atoms with E-state index < -0.39 is 0 Å². The Labute approximate surface area is 74.4 Å². The van der Waals surface area contributed by atoms with Gasteiger partial charge in [-0.2, -0.15) is 0 Å². The second-order valence-electron chi connectivity index (χ2n) is 2.81. The monoisotopic (exact) mass is 176 g/mol. The summed E-state index contributed by atoms with van der Waals surface area (Å²) in [5, 5.41) is 0. The normalized spacial score (nSPS) is 10.6. The van der Waals surface area contributed by atoms with Crippen molar-refractivity contribution in [2.45, 2.75) is 6.92 Å². The summed E-state index contributed by atoms with van der Waals surface area (Å²) in [5.74, 6) is -0.0874. The van der Waals surface area contributed by atoms with Crippen molar-refractivity contribution in [1.82, 2.24) is 19.5 Å². The van der Waals surface area contributed by atoms with Crippen molar-refractivity contribution < 1.29 is 4.79 Å². The summed E-state index contributed by atoms with van der Waals surface area (Å²) in [6.45, 7) is 1.46. The first-order valence-corrected chi connectivity index (χ1v) is 3.83. The lowest BCUT2D eigenvalue weighted by atomic mass is 10.3. The number of hydrogen-bond donors (Lipinski definition) is 0. The van der Waals surface area contributed by atoms with Crippen molar-refractivity contribution in [2.24, 2.45) is 7.05 Å². The minimum atomic E-state index is -0.0874. The molecule has 66 valence electrons. The number of carbonyl (C=O) groups excluding carboxylic acids is 1. The van der Waals surface area contributed by atoms with E-state index in [0.717, 1.165) is 0 Å². The number of fused-ring (bicyclic) bond motifs is 1. The molecule has 2 heterocycles. The minimum Gasteiger partial charge on any atom is -0.317 e. The Kier molecular flexibility index (Phi) is 1.58. The fraction of sp³-hybridized carbons (Fsp3) is 0.250. The molecule has 0 aliphatic carbocycles. The molecule has 0 aliphatic rings. The number of imidazole rings is 1. The Balaban J connectivity index is 2.72. The van der Waals surface area contributed by atoms with Gasteiger partial charge in [0.05, 0.1) is 12.5 Å². The van der Waals surface area contributed by atoms with Crippen LogP contribution in [0.1, 0.15) is 17.4 Å². The summed E-state index contributed by atoms with van der Waals surface area (Å²) < 4.78 is 1.73. The maximum atomic E-state index is 11.0. The molecule has 0 aromatic carbocycles. The van der Waals surface area contributed by atoms with Crippen LogP contribution < -0.4 is 0 Å². The fourth-order valence-electron chi connectivity index (χ4n) is 1.07. The zero-order chi connectivity index (χ0) is 9.42. The number of ketones is 1. The highest BCUT2D eigenvalue weighted by Gasteiger charge is 2.06. The number of rotatable bonds is 1. The molecule has 2 aromatic heterocycles. The van der Waals surface area contributed by atoms with Gasteiger partial charge in [0.2, 0.25) is 0 Å². The van der Waals surface area contributed by atoms with Crippen LogP contribution in [0.25, 0.3) is 11.3 Å². The summed E-state index contributed by atoms with van der Waals surface area (Å²) in [5.41, 5.74) is 1.57. The summed E-state index contributed by atoms with van der Waals surface area (Å²) in [6, 6.07) is 0. The molecule has 0 unspecified atom stereocenters. The third-order valence-electron chi connectivity index (χ3n) is 1.78. The van der Waals surface area contributed by atoms with E-state index >= 15 is 0 Å². The summed E-state index contributed by atoms with van der Waals surface area (Å²) in [6.07, 6.45) is 3.06. The van der Waals surface area contributed by atoms with Gasteiger partial charge in [-0.15, -0.1) is 0 Å². The zero-order valence-electron chi connectivity index (χ0n) is 7.35. The predicted octanol–water partition coefficient (Wildman–Crippen LogP) is 0.566. The fourth-order valence-corrected chi connectivity index (χ4v) is 1.07. The molecule has 0 N–H and O–H groups in total. The first kappa shape index (κ1) is 7.85. The van der Waals surface area contributed by atoms with Gasteiger partial charge >= 0.3 is 0 Å². The Bertz CT molecular complexity index is 474. The van der Waals surface area contributed by atoms with E-state index in [9.17, 15) is 4.79 Å². The largest absolute Gasteiger partial charge is 0.317 e. The third kappa shape index (κ3) is 1.18. The van der Waals surface area contributed by atoms with Crippen LogP contribution in [0.5, 0.6) is 0 Å². The summed E-state index contributed by atoms with van der Waals surface area (Å²) in [4.78, 5) is 23.1.